The number of hydrogen-bond donors (Lipinski definition) is 0. The molecule has 1 aliphatic rings. The van der Waals surface area contributed by atoms with Crippen LogP contribution in [0.2, 0.25) is 0 Å². The minimum Gasteiger partial charge on any atom is -0.495 e. The number of methoxy groups -OCH3 is 1. The standard InChI is InChI=1S/C28H27N3O3S/c1-33-25-17-9-6-14-22(25)31-27(29-30-28(31)35-26-18-10-7-15-23(26)32)19-34-24-16-8-5-13-21(24)20-11-3-2-4-12-20/h2-6,8-9,11-14,16-17,26H,7,10,15,18-19H2,1H3. The molecule has 1 fully saturated rings. The van der Waals surface area contributed by atoms with Crippen molar-refractivity contribution in [3.8, 4) is 28.3 Å². The zero-order valence-electron chi connectivity index (χ0n) is 19.6. The molecule has 1 atom stereocenters. The normalized spacial score (nSPS) is 15.7. The lowest BCUT2D eigenvalue weighted by Crippen LogP contribution is -2.22. The number of benzene rings is 3. The highest BCUT2D eigenvalue weighted by molar-refractivity contribution is 8.00. The van der Waals surface area contributed by atoms with Crippen molar-refractivity contribution in [1.29, 1.82) is 0 Å². The van der Waals surface area contributed by atoms with E-state index < -0.39 is 0 Å². The molecule has 3 aromatic carbocycles. The lowest BCUT2D eigenvalue weighted by Gasteiger charge is -2.20. The Hall–Kier alpha value is -3.58. The summed E-state index contributed by atoms with van der Waals surface area (Å²) in [5.41, 5.74) is 2.92. The Balaban J connectivity index is 1.48. The molecule has 6 nitrogen and oxygen atoms in total. The van der Waals surface area contributed by atoms with E-state index in [4.69, 9.17) is 9.47 Å². The van der Waals surface area contributed by atoms with E-state index in [0.29, 0.717) is 23.2 Å². The average Bonchev–Trinajstić information content (AvgIpc) is 3.31. The molecule has 1 aliphatic carbocycles. The monoisotopic (exact) mass is 485 g/mol. The van der Waals surface area contributed by atoms with Crippen molar-refractivity contribution in [3.05, 3.63) is 84.7 Å². The van der Waals surface area contributed by atoms with Gasteiger partial charge in [0.05, 0.1) is 18.0 Å². The number of para-hydroxylation sites is 3. The summed E-state index contributed by atoms with van der Waals surface area (Å²) in [7, 11) is 1.65. The number of ketones is 1. The van der Waals surface area contributed by atoms with Crippen LogP contribution in [-0.2, 0) is 11.4 Å². The van der Waals surface area contributed by atoms with Gasteiger partial charge in [-0.25, -0.2) is 0 Å². The number of nitrogens with zero attached hydrogens (tertiary/aromatic N) is 3. The molecule has 1 aromatic heterocycles. The second kappa shape index (κ2) is 10.8. The molecule has 0 amide bonds. The van der Waals surface area contributed by atoms with Crippen molar-refractivity contribution in [1.82, 2.24) is 14.8 Å². The van der Waals surface area contributed by atoms with Crippen LogP contribution >= 0.6 is 11.8 Å². The van der Waals surface area contributed by atoms with Gasteiger partial charge < -0.3 is 9.47 Å². The maximum atomic E-state index is 12.5. The van der Waals surface area contributed by atoms with E-state index >= 15 is 0 Å². The molecule has 7 heteroatoms. The Bertz CT molecular complexity index is 1310. The van der Waals surface area contributed by atoms with Crippen LogP contribution < -0.4 is 9.47 Å². The topological polar surface area (TPSA) is 66.2 Å². The number of ether oxygens (including phenoxy) is 2. The average molecular weight is 486 g/mol. The van der Waals surface area contributed by atoms with E-state index in [1.165, 1.54) is 11.8 Å². The van der Waals surface area contributed by atoms with E-state index in [1.807, 2.05) is 71.3 Å². The maximum absolute atomic E-state index is 12.5. The number of thioether (sulfide) groups is 1. The fourth-order valence-electron chi connectivity index (χ4n) is 4.32. The molecular formula is C28H27N3O3S. The molecule has 0 aliphatic heterocycles. The van der Waals surface area contributed by atoms with E-state index in [0.717, 1.165) is 41.8 Å². The lowest BCUT2D eigenvalue weighted by molar-refractivity contribution is -0.119. The van der Waals surface area contributed by atoms with Crippen molar-refractivity contribution >= 4 is 17.5 Å². The van der Waals surface area contributed by atoms with Crippen LogP contribution in [0.1, 0.15) is 31.5 Å². The first kappa shape index (κ1) is 23.2. The Kier molecular flexibility index (Phi) is 7.14. The van der Waals surface area contributed by atoms with Crippen LogP contribution in [0.3, 0.4) is 0 Å². The summed E-state index contributed by atoms with van der Waals surface area (Å²) in [6.07, 6.45) is 3.51. The SMILES string of the molecule is COc1ccccc1-n1c(COc2ccccc2-c2ccccc2)nnc1SC1CCCCC1=O. The summed E-state index contributed by atoms with van der Waals surface area (Å²) in [6, 6.07) is 25.9. The fraction of sp³-hybridized carbons (Fsp3) is 0.250. The van der Waals surface area contributed by atoms with Gasteiger partial charge in [-0.1, -0.05) is 78.8 Å². The Morgan fingerprint density at radius 2 is 1.66 bits per heavy atom. The van der Waals surface area contributed by atoms with Gasteiger partial charge in [0, 0.05) is 12.0 Å². The third-order valence-electron chi connectivity index (χ3n) is 6.10. The van der Waals surface area contributed by atoms with E-state index in [2.05, 4.69) is 22.3 Å². The number of carbonyl (C=O) groups is 1. The van der Waals surface area contributed by atoms with Crippen molar-refractivity contribution in [3.63, 3.8) is 0 Å². The minimum absolute atomic E-state index is 0.103. The molecule has 0 N–H and O–H groups in total. The van der Waals surface area contributed by atoms with Crippen molar-refractivity contribution in [2.24, 2.45) is 0 Å². The zero-order chi connectivity index (χ0) is 24.0. The summed E-state index contributed by atoms with van der Waals surface area (Å²) in [6.45, 7) is 0.216. The first-order valence-electron chi connectivity index (χ1n) is 11.8. The highest BCUT2D eigenvalue weighted by Gasteiger charge is 2.27. The maximum Gasteiger partial charge on any atom is 0.196 e. The number of carbonyl (C=O) groups excluding carboxylic acids is 1. The second-order valence-electron chi connectivity index (χ2n) is 8.38. The van der Waals surface area contributed by atoms with Crippen LogP contribution in [0.5, 0.6) is 11.5 Å². The van der Waals surface area contributed by atoms with E-state index in [9.17, 15) is 4.79 Å². The van der Waals surface area contributed by atoms with Gasteiger partial charge in [-0.15, -0.1) is 10.2 Å². The summed E-state index contributed by atoms with van der Waals surface area (Å²) in [4.78, 5) is 12.5. The molecule has 0 radical (unpaired) electrons. The molecule has 0 saturated heterocycles. The molecule has 178 valence electrons. The molecular weight excluding hydrogens is 458 g/mol. The van der Waals surface area contributed by atoms with E-state index in [1.54, 1.807) is 7.11 Å². The molecule has 4 aromatic rings. The van der Waals surface area contributed by atoms with Gasteiger partial charge in [0.1, 0.15) is 23.9 Å². The second-order valence-corrected chi connectivity index (χ2v) is 9.55. The van der Waals surface area contributed by atoms with Crippen molar-refractivity contribution < 1.29 is 14.3 Å². The number of Topliss-reactive ketones (excluding diaryl/α,β-unsaturated/α-hetero) is 1. The fourth-order valence-corrected chi connectivity index (χ4v) is 5.51. The first-order valence-corrected chi connectivity index (χ1v) is 12.7. The summed E-state index contributed by atoms with van der Waals surface area (Å²) >= 11 is 1.48. The van der Waals surface area contributed by atoms with Gasteiger partial charge in [0.15, 0.2) is 11.0 Å². The van der Waals surface area contributed by atoms with E-state index in [-0.39, 0.29) is 17.6 Å². The summed E-state index contributed by atoms with van der Waals surface area (Å²) in [5, 5.41) is 9.52. The first-order chi connectivity index (χ1) is 17.2. The molecule has 5 rings (SSSR count). The van der Waals surface area contributed by atoms with Gasteiger partial charge in [0.25, 0.3) is 0 Å². The minimum atomic E-state index is -0.103. The highest BCUT2D eigenvalue weighted by Crippen LogP contribution is 2.35. The predicted molar refractivity (Wildman–Crippen MR) is 137 cm³/mol. The summed E-state index contributed by atoms with van der Waals surface area (Å²) < 4.78 is 13.9. The van der Waals surface area contributed by atoms with Crippen LogP contribution in [0.25, 0.3) is 16.8 Å². The molecule has 1 unspecified atom stereocenters. The van der Waals surface area contributed by atoms with Crippen LogP contribution in [0, 0.1) is 0 Å². The number of aromatic nitrogens is 3. The third kappa shape index (κ3) is 5.10. The molecule has 0 bridgehead atoms. The third-order valence-corrected chi connectivity index (χ3v) is 7.36. The summed E-state index contributed by atoms with van der Waals surface area (Å²) in [5.74, 6) is 2.40. The predicted octanol–water partition coefficient (Wildman–Crippen LogP) is 6.13. The van der Waals surface area contributed by atoms with Crippen molar-refractivity contribution in [2.45, 2.75) is 42.7 Å². The Labute approximate surface area is 209 Å². The number of rotatable bonds is 8. The Morgan fingerprint density at radius 3 is 2.46 bits per heavy atom. The molecule has 0 spiro atoms. The zero-order valence-corrected chi connectivity index (χ0v) is 20.4. The van der Waals surface area contributed by atoms with Gasteiger partial charge in [0.2, 0.25) is 0 Å². The quantitative estimate of drug-likeness (QED) is 0.299. The van der Waals surface area contributed by atoms with Gasteiger partial charge in [-0.3, -0.25) is 9.36 Å². The van der Waals surface area contributed by atoms with Crippen LogP contribution in [0.4, 0.5) is 0 Å². The van der Waals surface area contributed by atoms with Crippen molar-refractivity contribution in [2.75, 3.05) is 7.11 Å². The van der Waals surface area contributed by atoms with Crippen LogP contribution in [0.15, 0.2) is 84.0 Å². The van der Waals surface area contributed by atoms with Gasteiger partial charge in [-0.05, 0) is 36.6 Å². The highest BCUT2D eigenvalue weighted by atomic mass is 32.2. The van der Waals surface area contributed by atoms with Gasteiger partial charge >= 0.3 is 0 Å². The molecule has 1 saturated carbocycles. The largest absolute Gasteiger partial charge is 0.495 e. The molecule has 35 heavy (non-hydrogen) atoms. The van der Waals surface area contributed by atoms with Crippen LogP contribution in [-0.4, -0.2) is 32.9 Å². The number of hydrogen-bond acceptors (Lipinski definition) is 6. The lowest BCUT2D eigenvalue weighted by atomic mass is 9.99. The molecule has 1 heterocycles. The smallest absolute Gasteiger partial charge is 0.196 e. The van der Waals surface area contributed by atoms with Gasteiger partial charge in [-0.2, -0.15) is 0 Å². The Morgan fingerprint density at radius 1 is 0.914 bits per heavy atom.